The first-order valence-electron chi connectivity index (χ1n) is 5.64. The minimum atomic E-state index is -0.739. The molecule has 4 heteroatoms. The first kappa shape index (κ1) is 11.6. The van der Waals surface area contributed by atoms with Crippen LogP contribution in [0.25, 0.3) is 0 Å². The SMILES string of the molecule is CN1CCC(c2ccc(CC(=O)O)s2)CC1. The maximum atomic E-state index is 10.6. The zero-order valence-electron chi connectivity index (χ0n) is 9.48. The standard InChI is InChI=1S/C12H17NO2S/c1-13-6-4-9(5-7-13)11-3-2-10(16-11)8-12(14)15/h2-3,9H,4-8H2,1H3,(H,14,15). The summed E-state index contributed by atoms with van der Waals surface area (Å²) >= 11 is 1.67. The van der Waals surface area contributed by atoms with Crippen LogP contribution in [0.1, 0.15) is 28.5 Å². The first-order chi connectivity index (χ1) is 7.65. The molecule has 2 heterocycles. The van der Waals surface area contributed by atoms with Crippen molar-refractivity contribution in [3.05, 3.63) is 21.9 Å². The van der Waals surface area contributed by atoms with Crippen molar-refractivity contribution >= 4 is 17.3 Å². The molecule has 1 aliphatic heterocycles. The van der Waals surface area contributed by atoms with E-state index in [0.717, 1.165) is 18.0 Å². The lowest BCUT2D eigenvalue weighted by molar-refractivity contribution is -0.136. The Labute approximate surface area is 99.7 Å². The number of carboxylic acid groups (broad SMARTS) is 1. The van der Waals surface area contributed by atoms with Crippen LogP contribution >= 0.6 is 11.3 Å². The van der Waals surface area contributed by atoms with Crippen LogP contribution in [-0.2, 0) is 11.2 Å². The number of likely N-dealkylation sites (tertiary alicyclic amines) is 1. The highest BCUT2D eigenvalue weighted by atomic mass is 32.1. The van der Waals surface area contributed by atoms with Gasteiger partial charge in [0, 0.05) is 9.75 Å². The van der Waals surface area contributed by atoms with Crippen LogP contribution in [0.3, 0.4) is 0 Å². The first-order valence-corrected chi connectivity index (χ1v) is 6.46. The van der Waals surface area contributed by atoms with Gasteiger partial charge in [0.1, 0.15) is 0 Å². The zero-order valence-corrected chi connectivity index (χ0v) is 10.3. The average Bonchev–Trinajstić information content (AvgIpc) is 2.66. The summed E-state index contributed by atoms with van der Waals surface area (Å²) in [4.78, 5) is 15.3. The van der Waals surface area contributed by atoms with Gasteiger partial charge in [-0.25, -0.2) is 0 Å². The van der Waals surface area contributed by atoms with Crippen LogP contribution in [0, 0.1) is 0 Å². The smallest absolute Gasteiger partial charge is 0.308 e. The van der Waals surface area contributed by atoms with Crippen LogP contribution in [0.4, 0.5) is 0 Å². The third-order valence-electron chi connectivity index (χ3n) is 3.13. The lowest BCUT2D eigenvalue weighted by Crippen LogP contribution is -2.28. The molecule has 0 amide bonds. The van der Waals surface area contributed by atoms with E-state index in [1.807, 2.05) is 6.07 Å². The summed E-state index contributed by atoms with van der Waals surface area (Å²) in [5, 5.41) is 8.72. The van der Waals surface area contributed by atoms with E-state index in [1.54, 1.807) is 11.3 Å². The lowest BCUT2D eigenvalue weighted by Gasteiger charge is -2.28. The second-order valence-electron chi connectivity index (χ2n) is 4.45. The molecule has 0 spiro atoms. The van der Waals surface area contributed by atoms with Crippen molar-refractivity contribution < 1.29 is 9.90 Å². The van der Waals surface area contributed by atoms with E-state index < -0.39 is 5.97 Å². The maximum Gasteiger partial charge on any atom is 0.308 e. The number of aliphatic carboxylic acids is 1. The quantitative estimate of drug-likeness (QED) is 0.879. The maximum absolute atomic E-state index is 10.6. The monoisotopic (exact) mass is 239 g/mol. The van der Waals surface area contributed by atoms with E-state index in [0.29, 0.717) is 5.92 Å². The van der Waals surface area contributed by atoms with Gasteiger partial charge in [0.15, 0.2) is 0 Å². The van der Waals surface area contributed by atoms with Gasteiger partial charge in [-0.15, -0.1) is 11.3 Å². The van der Waals surface area contributed by atoms with Gasteiger partial charge in [-0.3, -0.25) is 4.79 Å². The molecule has 0 aliphatic carbocycles. The Balaban J connectivity index is 1.99. The van der Waals surface area contributed by atoms with Crippen molar-refractivity contribution in [3.63, 3.8) is 0 Å². The largest absolute Gasteiger partial charge is 0.481 e. The molecule has 0 aromatic carbocycles. The number of nitrogens with zero attached hydrogens (tertiary/aromatic N) is 1. The summed E-state index contributed by atoms with van der Waals surface area (Å²) in [6, 6.07) is 4.07. The Hall–Kier alpha value is -0.870. The fourth-order valence-corrected chi connectivity index (χ4v) is 3.32. The van der Waals surface area contributed by atoms with E-state index in [4.69, 9.17) is 5.11 Å². The molecular weight excluding hydrogens is 222 g/mol. The highest BCUT2D eigenvalue weighted by molar-refractivity contribution is 7.12. The van der Waals surface area contributed by atoms with Crippen molar-refractivity contribution in [3.8, 4) is 0 Å². The van der Waals surface area contributed by atoms with Crippen molar-refractivity contribution in [2.24, 2.45) is 0 Å². The molecule has 16 heavy (non-hydrogen) atoms. The molecule has 0 saturated carbocycles. The summed E-state index contributed by atoms with van der Waals surface area (Å²) in [6.45, 7) is 2.30. The van der Waals surface area contributed by atoms with Gasteiger partial charge in [0.05, 0.1) is 6.42 Å². The van der Waals surface area contributed by atoms with Crippen molar-refractivity contribution in [1.29, 1.82) is 0 Å². The molecule has 1 fully saturated rings. The molecule has 0 atom stereocenters. The Morgan fingerprint density at radius 1 is 1.50 bits per heavy atom. The number of carbonyl (C=O) groups is 1. The molecule has 1 saturated heterocycles. The number of rotatable bonds is 3. The van der Waals surface area contributed by atoms with Gasteiger partial charge in [-0.1, -0.05) is 0 Å². The van der Waals surface area contributed by atoms with Gasteiger partial charge in [-0.2, -0.15) is 0 Å². The molecule has 1 aliphatic rings. The van der Waals surface area contributed by atoms with Crippen LogP contribution < -0.4 is 0 Å². The molecule has 1 aromatic heterocycles. The molecule has 0 bridgehead atoms. The van der Waals surface area contributed by atoms with Gasteiger partial charge in [-0.05, 0) is 51.0 Å². The molecule has 88 valence electrons. The third-order valence-corrected chi connectivity index (χ3v) is 4.38. The van der Waals surface area contributed by atoms with Gasteiger partial charge in [0.2, 0.25) is 0 Å². The van der Waals surface area contributed by atoms with Crippen LogP contribution in [0.5, 0.6) is 0 Å². The topological polar surface area (TPSA) is 40.5 Å². The number of hydrogen-bond acceptors (Lipinski definition) is 3. The number of carboxylic acids is 1. The Bertz CT molecular complexity index is 367. The predicted octanol–water partition coefficient (Wildman–Crippen LogP) is 2.18. The summed E-state index contributed by atoms with van der Waals surface area (Å²) in [6.07, 6.45) is 2.56. The normalized spacial score (nSPS) is 18.8. The minimum absolute atomic E-state index is 0.164. The fraction of sp³-hybridized carbons (Fsp3) is 0.583. The minimum Gasteiger partial charge on any atom is -0.481 e. The molecular formula is C12H17NO2S. The van der Waals surface area contributed by atoms with Gasteiger partial charge in [0.25, 0.3) is 0 Å². The second kappa shape index (κ2) is 4.97. The number of piperidine rings is 1. The van der Waals surface area contributed by atoms with E-state index in [1.165, 1.54) is 17.7 Å². The highest BCUT2D eigenvalue weighted by Gasteiger charge is 2.19. The molecule has 1 aromatic rings. The van der Waals surface area contributed by atoms with Gasteiger partial charge >= 0.3 is 5.97 Å². The summed E-state index contributed by atoms with van der Waals surface area (Å²) in [5.74, 6) is -0.0967. The van der Waals surface area contributed by atoms with E-state index in [9.17, 15) is 4.79 Å². The lowest BCUT2D eigenvalue weighted by atomic mass is 9.96. The second-order valence-corrected chi connectivity index (χ2v) is 5.65. The van der Waals surface area contributed by atoms with Crippen LogP contribution in [-0.4, -0.2) is 36.1 Å². The molecule has 0 radical (unpaired) electrons. The van der Waals surface area contributed by atoms with Crippen molar-refractivity contribution in [1.82, 2.24) is 4.90 Å². The number of hydrogen-bond donors (Lipinski definition) is 1. The average molecular weight is 239 g/mol. The van der Waals surface area contributed by atoms with E-state index in [2.05, 4.69) is 18.0 Å². The van der Waals surface area contributed by atoms with Crippen molar-refractivity contribution in [2.45, 2.75) is 25.2 Å². The summed E-state index contributed by atoms with van der Waals surface area (Å²) in [5.41, 5.74) is 0. The fourth-order valence-electron chi connectivity index (χ4n) is 2.15. The van der Waals surface area contributed by atoms with E-state index in [-0.39, 0.29) is 6.42 Å². The molecule has 0 unspecified atom stereocenters. The summed E-state index contributed by atoms with van der Waals surface area (Å²) in [7, 11) is 2.15. The summed E-state index contributed by atoms with van der Waals surface area (Å²) < 4.78 is 0. The zero-order chi connectivity index (χ0) is 11.5. The van der Waals surface area contributed by atoms with Gasteiger partial charge < -0.3 is 10.0 Å². The van der Waals surface area contributed by atoms with E-state index >= 15 is 0 Å². The Kier molecular flexibility index (Phi) is 3.61. The van der Waals surface area contributed by atoms with Crippen molar-refractivity contribution in [2.75, 3.05) is 20.1 Å². The van der Waals surface area contributed by atoms with Crippen LogP contribution in [0.15, 0.2) is 12.1 Å². The molecule has 1 N–H and O–H groups in total. The highest BCUT2D eigenvalue weighted by Crippen LogP contribution is 2.32. The Morgan fingerprint density at radius 2 is 2.19 bits per heavy atom. The van der Waals surface area contributed by atoms with Crippen LogP contribution in [0.2, 0.25) is 0 Å². The third kappa shape index (κ3) is 2.83. The Morgan fingerprint density at radius 3 is 2.81 bits per heavy atom. The molecule has 3 nitrogen and oxygen atoms in total. The predicted molar refractivity (Wildman–Crippen MR) is 65.1 cm³/mol. The molecule has 2 rings (SSSR count). The number of thiophene rings is 1.